The first-order chi connectivity index (χ1) is 7.70. The minimum Gasteiger partial charge on any atom is -0.353 e. The van der Waals surface area contributed by atoms with Gasteiger partial charge in [-0.25, -0.2) is 9.97 Å². The van der Waals surface area contributed by atoms with E-state index in [2.05, 4.69) is 21.8 Å². The number of thioether (sulfide) groups is 1. The van der Waals surface area contributed by atoms with Gasteiger partial charge in [0.25, 0.3) is 0 Å². The second kappa shape index (κ2) is 5.23. The van der Waals surface area contributed by atoms with Gasteiger partial charge in [0.05, 0.1) is 0 Å². The molecule has 88 valence electrons. The minimum absolute atomic E-state index is 0.534. The van der Waals surface area contributed by atoms with Gasteiger partial charge in [-0.2, -0.15) is 11.8 Å². The van der Waals surface area contributed by atoms with E-state index in [9.17, 15) is 0 Å². The lowest BCUT2D eigenvalue weighted by molar-refractivity contribution is 0.650. The van der Waals surface area contributed by atoms with E-state index in [1.165, 1.54) is 17.9 Å². The lowest BCUT2D eigenvalue weighted by Gasteiger charge is -2.28. The van der Waals surface area contributed by atoms with E-state index in [1.54, 1.807) is 0 Å². The van der Waals surface area contributed by atoms with Crippen molar-refractivity contribution in [1.82, 2.24) is 9.97 Å². The number of halogens is 1. The van der Waals surface area contributed by atoms with Crippen LogP contribution in [0.25, 0.3) is 0 Å². The molecule has 2 heterocycles. The second-order valence-corrected chi connectivity index (χ2v) is 5.44. The summed E-state index contributed by atoms with van der Waals surface area (Å²) >= 11 is 7.99. The van der Waals surface area contributed by atoms with Crippen molar-refractivity contribution >= 4 is 29.2 Å². The molecule has 3 nitrogen and oxygen atoms in total. The van der Waals surface area contributed by atoms with Crippen LogP contribution in [-0.4, -0.2) is 34.1 Å². The molecule has 1 fully saturated rings. The Morgan fingerprint density at radius 1 is 1.56 bits per heavy atom. The van der Waals surface area contributed by atoms with Gasteiger partial charge in [0.1, 0.15) is 16.8 Å². The summed E-state index contributed by atoms with van der Waals surface area (Å²) in [6.45, 7) is 5.01. The maximum absolute atomic E-state index is 5.97. The highest BCUT2D eigenvalue weighted by atomic mass is 35.5. The van der Waals surface area contributed by atoms with E-state index in [0.29, 0.717) is 11.2 Å². The molecule has 2 rings (SSSR count). The fraction of sp³-hybridized carbons (Fsp3) is 0.636. The van der Waals surface area contributed by atoms with E-state index < -0.39 is 0 Å². The van der Waals surface area contributed by atoms with Gasteiger partial charge in [-0.05, 0) is 26.0 Å². The van der Waals surface area contributed by atoms with Crippen molar-refractivity contribution in [2.45, 2.75) is 26.3 Å². The molecular formula is C11H16ClN3S. The maximum Gasteiger partial charge on any atom is 0.134 e. The normalized spacial score (nSPS) is 20.1. The fourth-order valence-electron chi connectivity index (χ4n) is 2.04. The first kappa shape index (κ1) is 12.0. The largest absolute Gasteiger partial charge is 0.353 e. The molecule has 0 aromatic carbocycles. The van der Waals surface area contributed by atoms with Crippen molar-refractivity contribution < 1.29 is 0 Å². The maximum atomic E-state index is 5.97. The summed E-state index contributed by atoms with van der Waals surface area (Å²) in [5.41, 5.74) is 0. The summed E-state index contributed by atoms with van der Waals surface area (Å²) in [4.78, 5) is 10.9. The molecule has 16 heavy (non-hydrogen) atoms. The molecule has 1 saturated heterocycles. The van der Waals surface area contributed by atoms with Gasteiger partial charge in [-0.15, -0.1) is 0 Å². The lowest BCUT2D eigenvalue weighted by atomic mass is 10.2. The third-order valence-corrected chi connectivity index (χ3v) is 4.11. The Labute approximate surface area is 106 Å². The van der Waals surface area contributed by atoms with Crippen LogP contribution < -0.4 is 4.90 Å². The molecule has 1 aromatic heterocycles. The van der Waals surface area contributed by atoms with E-state index in [-0.39, 0.29) is 0 Å². The molecule has 5 heteroatoms. The van der Waals surface area contributed by atoms with Crippen molar-refractivity contribution in [2.75, 3.05) is 23.0 Å². The highest BCUT2D eigenvalue weighted by molar-refractivity contribution is 7.99. The SMILES string of the molecule is CCN(c1cc(Cl)nc(C)n1)C1CCSC1. The van der Waals surface area contributed by atoms with Gasteiger partial charge in [0.2, 0.25) is 0 Å². The number of aryl methyl sites for hydroxylation is 1. The zero-order valence-electron chi connectivity index (χ0n) is 9.61. The Hall–Kier alpha value is -0.480. The van der Waals surface area contributed by atoms with Gasteiger partial charge in [-0.1, -0.05) is 11.6 Å². The molecule has 0 saturated carbocycles. The number of rotatable bonds is 3. The van der Waals surface area contributed by atoms with Gasteiger partial charge < -0.3 is 4.90 Å². The zero-order chi connectivity index (χ0) is 11.5. The molecule has 0 bridgehead atoms. The van der Waals surface area contributed by atoms with E-state index in [0.717, 1.165) is 18.2 Å². The Kier molecular flexibility index (Phi) is 3.92. The molecule has 0 spiro atoms. The van der Waals surface area contributed by atoms with Crippen LogP contribution in [0.5, 0.6) is 0 Å². The molecule has 1 aliphatic rings. The van der Waals surface area contributed by atoms with Gasteiger partial charge in [0.15, 0.2) is 0 Å². The van der Waals surface area contributed by atoms with E-state index in [1.807, 2.05) is 24.8 Å². The van der Waals surface area contributed by atoms with Crippen molar-refractivity contribution in [1.29, 1.82) is 0 Å². The molecule has 0 radical (unpaired) electrons. The highest BCUT2D eigenvalue weighted by Crippen LogP contribution is 2.26. The van der Waals surface area contributed by atoms with Crippen LogP contribution in [0.3, 0.4) is 0 Å². The summed E-state index contributed by atoms with van der Waals surface area (Å²) in [6, 6.07) is 2.46. The number of hydrogen-bond donors (Lipinski definition) is 0. The Bertz CT molecular complexity index is 346. The van der Waals surface area contributed by atoms with Crippen LogP contribution in [0.15, 0.2) is 6.07 Å². The lowest BCUT2D eigenvalue weighted by Crippen LogP contribution is -2.35. The number of nitrogens with zero attached hydrogens (tertiary/aromatic N) is 3. The molecule has 0 N–H and O–H groups in total. The third kappa shape index (κ3) is 2.61. The van der Waals surface area contributed by atoms with Crippen molar-refractivity contribution in [3.8, 4) is 0 Å². The number of anilines is 1. The monoisotopic (exact) mass is 257 g/mol. The van der Waals surface area contributed by atoms with Gasteiger partial charge in [-0.3, -0.25) is 0 Å². The number of hydrogen-bond acceptors (Lipinski definition) is 4. The van der Waals surface area contributed by atoms with Gasteiger partial charge >= 0.3 is 0 Å². The average Bonchev–Trinajstić information content (AvgIpc) is 2.70. The topological polar surface area (TPSA) is 29.0 Å². The number of aromatic nitrogens is 2. The first-order valence-corrected chi connectivity index (χ1v) is 7.09. The Morgan fingerprint density at radius 2 is 2.38 bits per heavy atom. The summed E-state index contributed by atoms with van der Waals surface area (Å²) in [5.74, 6) is 4.15. The average molecular weight is 258 g/mol. The van der Waals surface area contributed by atoms with Crippen LogP contribution in [0.1, 0.15) is 19.2 Å². The molecule has 1 aliphatic heterocycles. The highest BCUT2D eigenvalue weighted by Gasteiger charge is 2.23. The first-order valence-electron chi connectivity index (χ1n) is 5.56. The second-order valence-electron chi connectivity index (χ2n) is 3.90. The third-order valence-electron chi connectivity index (χ3n) is 2.77. The fourth-order valence-corrected chi connectivity index (χ4v) is 3.48. The predicted molar refractivity (Wildman–Crippen MR) is 70.5 cm³/mol. The quantitative estimate of drug-likeness (QED) is 0.779. The summed E-state index contributed by atoms with van der Waals surface area (Å²) in [6.07, 6.45) is 1.24. The van der Waals surface area contributed by atoms with Crippen molar-refractivity contribution in [2.24, 2.45) is 0 Å². The molecular weight excluding hydrogens is 242 g/mol. The van der Waals surface area contributed by atoms with Crippen LogP contribution in [0.2, 0.25) is 5.15 Å². The predicted octanol–water partition coefficient (Wildman–Crippen LogP) is 2.77. The Morgan fingerprint density at radius 3 is 2.94 bits per heavy atom. The zero-order valence-corrected chi connectivity index (χ0v) is 11.2. The van der Waals surface area contributed by atoms with Crippen molar-refractivity contribution in [3.63, 3.8) is 0 Å². The summed E-state index contributed by atoms with van der Waals surface area (Å²) < 4.78 is 0. The van der Waals surface area contributed by atoms with E-state index in [4.69, 9.17) is 11.6 Å². The standard InChI is InChI=1S/C11H16ClN3S/c1-3-15(9-4-5-16-7-9)11-6-10(12)13-8(2)14-11/h6,9H,3-5,7H2,1-2H3. The van der Waals surface area contributed by atoms with Gasteiger partial charge in [0, 0.05) is 24.4 Å². The van der Waals surface area contributed by atoms with Crippen LogP contribution in [0, 0.1) is 6.92 Å². The van der Waals surface area contributed by atoms with Crippen LogP contribution >= 0.6 is 23.4 Å². The van der Waals surface area contributed by atoms with Crippen LogP contribution in [0.4, 0.5) is 5.82 Å². The van der Waals surface area contributed by atoms with Crippen LogP contribution in [-0.2, 0) is 0 Å². The summed E-state index contributed by atoms with van der Waals surface area (Å²) in [5, 5.41) is 0.534. The molecule has 1 unspecified atom stereocenters. The molecule has 1 aromatic rings. The van der Waals surface area contributed by atoms with Crippen molar-refractivity contribution in [3.05, 3.63) is 17.0 Å². The van der Waals surface area contributed by atoms with E-state index >= 15 is 0 Å². The molecule has 1 atom stereocenters. The summed E-state index contributed by atoms with van der Waals surface area (Å²) in [7, 11) is 0. The minimum atomic E-state index is 0.534. The smallest absolute Gasteiger partial charge is 0.134 e. The Balaban J connectivity index is 2.24. The molecule has 0 aliphatic carbocycles. The molecule has 0 amide bonds.